The van der Waals surface area contributed by atoms with Crippen molar-refractivity contribution >= 4 is 0 Å². The molecule has 1 aromatic rings. The van der Waals surface area contributed by atoms with Gasteiger partial charge in [-0.3, -0.25) is 9.88 Å². The lowest BCUT2D eigenvalue weighted by Crippen LogP contribution is -2.46. The third-order valence-electron chi connectivity index (χ3n) is 4.53. The molecule has 0 unspecified atom stereocenters. The van der Waals surface area contributed by atoms with Gasteiger partial charge in [-0.25, -0.2) is 0 Å². The highest BCUT2D eigenvalue weighted by Gasteiger charge is 2.37. The SMILES string of the molecule is O[C@@]1(CN2CCCCC2)CCN(Cc2ccncc2)C1. The summed E-state index contributed by atoms with van der Waals surface area (Å²) in [5.41, 5.74) is 0.770. The maximum atomic E-state index is 10.8. The Balaban J connectivity index is 1.52. The largest absolute Gasteiger partial charge is 0.387 e. The van der Waals surface area contributed by atoms with Crippen LogP contribution in [0, 0.1) is 0 Å². The first-order valence-corrected chi connectivity index (χ1v) is 7.80. The molecule has 1 atom stereocenters. The Morgan fingerprint density at radius 2 is 1.80 bits per heavy atom. The van der Waals surface area contributed by atoms with E-state index in [9.17, 15) is 5.11 Å². The van der Waals surface area contributed by atoms with E-state index in [0.717, 1.165) is 45.7 Å². The average molecular weight is 275 g/mol. The molecule has 0 aromatic carbocycles. The van der Waals surface area contributed by atoms with E-state index in [1.807, 2.05) is 12.4 Å². The summed E-state index contributed by atoms with van der Waals surface area (Å²) >= 11 is 0. The van der Waals surface area contributed by atoms with Gasteiger partial charge in [-0.15, -0.1) is 0 Å². The molecular weight excluding hydrogens is 250 g/mol. The van der Waals surface area contributed by atoms with E-state index in [1.165, 1.54) is 24.8 Å². The topological polar surface area (TPSA) is 39.6 Å². The van der Waals surface area contributed by atoms with E-state index in [-0.39, 0.29) is 0 Å². The Morgan fingerprint density at radius 3 is 2.55 bits per heavy atom. The number of likely N-dealkylation sites (tertiary alicyclic amines) is 2. The van der Waals surface area contributed by atoms with Crippen LogP contribution < -0.4 is 0 Å². The van der Waals surface area contributed by atoms with Gasteiger partial charge < -0.3 is 10.0 Å². The molecule has 0 radical (unpaired) electrons. The Labute approximate surface area is 121 Å². The molecule has 1 N–H and O–H groups in total. The van der Waals surface area contributed by atoms with Crippen LogP contribution in [0.4, 0.5) is 0 Å². The van der Waals surface area contributed by atoms with Gasteiger partial charge in [0.1, 0.15) is 0 Å². The quantitative estimate of drug-likeness (QED) is 0.904. The fourth-order valence-corrected chi connectivity index (χ4v) is 3.48. The van der Waals surface area contributed by atoms with Crippen LogP contribution in [0.3, 0.4) is 0 Å². The third kappa shape index (κ3) is 3.57. The van der Waals surface area contributed by atoms with Crippen LogP contribution in [0.5, 0.6) is 0 Å². The Morgan fingerprint density at radius 1 is 1.05 bits per heavy atom. The molecule has 3 rings (SSSR count). The predicted octanol–water partition coefficient (Wildman–Crippen LogP) is 1.50. The molecule has 0 amide bonds. The van der Waals surface area contributed by atoms with Crippen LogP contribution in [0.25, 0.3) is 0 Å². The van der Waals surface area contributed by atoms with Gasteiger partial charge in [0.2, 0.25) is 0 Å². The third-order valence-corrected chi connectivity index (χ3v) is 4.53. The Kier molecular flexibility index (Phi) is 4.34. The summed E-state index contributed by atoms with van der Waals surface area (Å²) in [4.78, 5) is 8.86. The first kappa shape index (κ1) is 14.0. The highest BCUT2D eigenvalue weighted by Crippen LogP contribution is 2.25. The van der Waals surface area contributed by atoms with Crippen LogP contribution in [0.1, 0.15) is 31.2 Å². The van der Waals surface area contributed by atoms with Crippen LogP contribution in [-0.4, -0.2) is 58.2 Å². The van der Waals surface area contributed by atoms with Gasteiger partial charge in [0, 0.05) is 38.6 Å². The lowest BCUT2D eigenvalue weighted by molar-refractivity contribution is 0.00635. The highest BCUT2D eigenvalue weighted by molar-refractivity contribution is 5.10. The molecule has 4 heteroatoms. The molecule has 2 aliphatic heterocycles. The summed E-state index contributed by atoms with van der Waals surface area (Å²) in [6.45, 7) is 5.88. The van der Waals surface area contributed by atoms with Crippen molar-refractivity contribution < 1.29 is 5.11 Å². The van der Waals surface area contributed by atoms with Crippen molar-refractivity contribution in [3.05, 3.63) is 30.1 Å². The summed E-state index contributed by atoms with van der Waals surface area (Å²) in [6, 6.07) is 4.12. The number of hydrogen-bond acceptors (Lipinski definition) is 4. The number of aromatic nitrogens is 1. The molecule has 2 aliphatic rings. The molecule has 2 saturated heterocycles. The minimum atomic E-state index is -0.510. The summed E-state index contributed by atoms with van der Waals surface area (Å²) in [5, 5.41) is 10.8. The summed E-state index contributed by atoms with van der Waals surface area (Å²) in [7, 11) is 0. The molecule has 3 heterocycles. The monoisotopic (exact) mass is 275 g/mol. The van der Waals surface area contributed by atoms with E-state index < -0.39 is 5.60 Å². The number of β-amino-alcohol motifs (C(OH)–C–C–N with tert-alkyl or cyclic N) is 1. The smallest absolute Gasteiger partial charge is 0.0912 e. The van der Waals surface area contributed by atoms with E-state index in [1.54, 1.807) is 0 Å². The van der Waals surface area contributed by atoms with Gasteiger partial charge in [0.05, 0.1) is 5.60 Å². The van der Waals surface area contributed by atoms with Gasteiger partial charge in [-0.2, -0.15) is 0 Å². The second-order valence-electron chi connectivity index (χ2n) is 6.38. The van der Waals surface area contributed by atoms with Gasteiger partial charge in [-0.05, 0) is 50.0 Å². The van der Waals surface area contributed by atoms with Crippen molar-refractivity contribution in [2.24, 2.45) is 0 Å². The number of pyridine rings is 1. The van der Waals surface area contributed by atoms with Crippen molar-refractivity contribution in [2.45, 2.75) is 37.8 Å². The Hall–Kier alpha value is -0.970. The second kappa shape index (κ2) is 6.20. The van der Waals surface area contributed by atoms with Gasteiger partial charge in [0.15, 0.2) is 0 Å². The zero-order valence-electron chi connectivity index (χ0n) is 12.2. The van der Waals surface area contributed by atoms with E-state index in [4.69, 9.17) is 0 Å². The summed E-state index contributed by atoms with van der Waals surface area (Å²) in [6.07, 6.45) is 8.50. The van der Waals surface area contributed by atoms with E-state index in [0.29, 0.717) is 0 Å². The standard InChI is InChI=1S/C16H25N3O/c20-16(13-18-9-2-1-3-10-18)6-11-19(14-16)12-15-4-7-17-8-5-15/h4-5,7-8,20H,1-3,6,9-14H2/t16-/m1/s1. The molecule has 1 aromatic heterocycles. The second-order valence-corrected chi connectivity index (χ2v) is 6.38. The average Bonchev–Trinajstić information content (AvgIpc) is 2.82. The van der Waals surface area contributed by atoms with Gasteiger partial charge >= 0.3 is 0 Å². The normalized spacial score (nSPS) is 28.9. The van der Waals surface area contributed by atoms with Gasteiger partial charge in [0.25, 0.3) is 0 Å². The van der Waals surface area contributed by atoms with Crippen molar-refractivity contribution in [2.75, 3.05) is 32.7 Å². The zero-order valence-corrected chi connectivity index (χ0v) is 12.2. The maximum absolute atomic E-state index is 10.8. The predicted molar refractivity (Wildman–Crippen MR) is 79.4 cm³/mol. The van der Waals surface area contributed by atoms with Crippen LogP contribution >= 0.6 is 0 Å². The first-order valence-electron chi connectivity index (χ1n) is 7.80. The minimum Gasteiger partial charge on any atom is -0.387 e. The fourth-order valence-electron chi connectivity index (χ4n) is 3.48. The molecule has 20 heavy (non-hydrogen) atoms. The zero-order chi connectivity index (χ0) is 13.8. The molecule has 0 saturated carbocycles. The van der Waals surface area contributed by atoms with Crippen LogP contribution in [0.15, 0.2) is 24.5 Å². The lowest BCUT2D eigenvalue weighted by atomic mass is 10.0. The summed E-state index contributed by atoms with van der Waals surface area (Å²) < 4.78 is 0. The van der Waals surface area contributed by atoms with E-state index in [2.05, 4.69) is 26.9 Å². The van der Waals surface area contributed by atoms with Crippen molar-refractivity contribution in [3.63, 3.8) is 0 Å². The number of hydrogen-bond donors (Lipinski definition) is 1. The molecular formula is C16H25N3O. The molecule has 0 aliphatic carbocycles. The van der Waals surface area contributed by atoms with Gasteiger partial charge in [-0.1, -0.05) is 6.42 Å². The van der Waals surface area contributed by atoms with E-state index >= 15 is 0 Å². The van der Waals surface area contributed by atoms with Crippen LogP contribution in [0.2, 0.25) is 0 Å². The Bertz CT molecular complexity index is 419. The molecule has 2 fully saturated rings. The molecule has 0 spiro atoms. The molecule has 0 bridgehead atoms. The summed E-state index contributed by atoms with van der Waals surface area (Å²) in [5.74, 6) is 0. The fraction of sp³-hybridized carbons (Fsp3) is 0.688. The number of aliphatic hydroxyl groups is 1. The van der Waals surface area contributed by atoms with Crippen molar-refractivity contribution in [1.29, 1.82) is 0 Å². The lowest BCUT2D eigenvalue weighted by Gasteiger charge is -2.33. The van der Waals surface area contributed by atoms with Crippen LogP contribution in [-0.2, 0) is 6.54 Å². The molecule has 4 nitrogen and oxygen atoms in total. The number of rotatable bonds is 4. The van der Waals surface area contributed by atoms with Crippen molar-refractivity contribution in [3.8, 4) is 0 Å². The number of nitrogens with zero attached hydrogens (tertiary/aromatic N) is 3. The maximum Gasteiger partial charge on any atom is 0.0912 e. The minimum absolute atomic E-state index is 0.510. The van der Waals surface area contributed by atoms with Crippen molar-refractivity contribution in [1.82, 2.24) is 14.8 Å². The number of piperidine rings is 1. The first-order chi connectivity index (χ1) is 9.73. The molecule has 110 valence electrons. The highest BCUT2D eigenvalue weighted by atomic mass is 16.3.